The van der Waals surface area contributed by atoms with Crippen molar-refractivity contribution in [3.05, 3.63) is 57.3 Å². The molecule has 4 nitrogen and oxygen atoms in total. The standard InChI is InChI=1S/C19H20F5N3O/c20-17(21)10-13-9-14(12-5-2-1-3-6-12)18(28)27(26-13)11-16-15(19(22,23)24)7-4-8-25-16/h4,7-9,12,17H,1-3,5-6,10-11H2. The third-order valence-corrected chi connectivity index (χ3v) is 4.96. The van der Waals surface area contributed by atoms with Crippen molar-refractivity contribution in [2.24, 2.45) is 0 Å². The van der Waals surface area contributed by atoms with Crippen molar-refractivity contribution < 1.29 is 22.0 Å². The van der Waals surface area contributed by atoms with E-state index >= 15 is 0 Å². The minimum absolute atomic E-state index is 0.000312. The van der Waals surface area contributed by atoms with Gasteiger partial charge in [-0.1, -0.05) is 19.3 Å². The van der Waals surface area contributed by atoms with Crippen molar-refractivity contribution in [3.63, 3.8) is 0 Å². The van der Waals surface area contributed by atoms with Crippen LogP contribution in [0.4, 0.5) is 22.0 Å². The molecule has 1 saturated carbocycles. The van der Waals surface area contributed by atoms with Gasteiger partial charge in [0.25, 0.3) is 5.56 Å². The maximum Gasteiger partial charge on any atom is 0.418 e. The van der Waals surface area contributed by atoms with Gasteiger partial charge >= 0.3 is 6.18 Å². The van der Waals surface area contributed by atoms with E-state index in [9.17, 15) is 26.7 Å². The zero-order valence-corrected chi connectivity index (χ0v) is 15.1. The Balaban J connectivity index is 2.04. The minimum Gasteiger partial charge on any atom is -0.267 e. The van der Waals surface area contributed by atoms with Crippen LogP contribution in [0.1, 0.15) is 60.5 Å². The molecule has 0 bridgehead atoms. The Morgan fingerprint density at radius 2 is 1.89 bits per heavy atom. The van der Waals surface area contributed by atoms with Crippen LogP contribution in [0.3, 0.4) is 0 Å². The fraction of sp³-hybridized carbons (Fsp3) is 0.526. The van der Waals surface area contributed by atoms with Gasteiger partial charge in [-0.05, 0) is 37.0 Å². The average Bonchev–Trinajstić information content (AvgIpc) is 2.64. The molecule has 0 amide bonds. The van der Waals surface area contributed by atoms with Gasteiger partial charge in [0.15, 0.2) is 0 Å². The van der Waals surface area contributed by atoms with Gasteiger partial charge in [-0.3, -0.25) is 9.78 Å². The van der Waals surface area contributed by atoms with Crippen LogP contribution in [0, 0.1) is 0 Å². The molecule has 0 aromatic carbocycles. The second-order valence-electron chi connectivity index (χ2n) is 6.98. The first kappa shape index (κ1) is 20.4. The lowest BCUT2D eigenvalue weighted by Gasteiger charge is -2.22. The molecule has 152 valence electrons. The SMILES string of the molecule is O=c1c(C2CCCCC2)cc(CC(F)F)nn1Cc1ncccc1C(F)(F)F. The Morgan fingerprint density at radius 1 is 1.18 bits per heavy atom. The molecule has 0 atom stereocenters. The molecule has 0 radical (unpaired) electrons. The van der Waals surface area contributed by atoms with E-state index in [2.05, 4.69) is 10.1 Å². The third-order valence-electron chi connectivity index (χ3n) is 4.96. The molecule has 0 spiro atoms. The van der Waals surface area contributed by atoms with Crippen LogP contribution in [-0.4, -0.2) is 21.2 Å². The van der Waals surface area contributed by atoms with Crippen LogP contribution < -0.4 is 5.56 Å². The Labute approximate surface area is 158 Å². The molecule has 2 aromatic rings. The maximum atomic E-state index is 13.2. The van der Waals surface area contributed by atoms with Gasteiger partial charge < -0.3 is 0 Å². The first-order valence-corrected chi connectivity index (χ1v) is 9.16. The van der Waals surface area contributed by atoms with Crippen LogP contribution in [0.15, 0.2) is 29.2 Å². The van der Waals surface area contributed by atoms with E-state index in [-0.39, 0.29) is 17.3 Å². The lowest BCUT2D eigenvalue weighted by Crippen LogP contribution is -2.31. The summed E-state index contributed by atoms with van der Waals surface area (Å²) in [7, 11) is 0. The summed E-state index contributed by atoms with van der Waals surface area (Å²) in [4.78, 5) is 16.6. The topological polar surface area (TPSA) is 47.8 Å². The molecular weight excluding hydrogens is 381 g/mol. The zero-order chi connectivity index (χ0) is 20.3. The first-order chi connectivity index (χ1) is 13.3. The van der Waals surface area contributed by atoms with Gasteiger partial charge in [-0.15, -0.1) is 0 Å². The van der Waals surface area contributed by atoms with Gasteiger partial charge in [-0.25, -0.2) is 13.5 Å². The molecular formula is C19H20F5N3O. The summed E-state index contributed by atoms with van der Waals surface area (Å²) in [6, 6.07) is 3.42. The van der Waals surface area contributed by atoms with E-state index in [0.717, 1.165) is 48.9 Å². The smallest absolute Gasteiger partial charge is 0.267 e. The van der Waals surface area contributed by atoms with Gasteiger partial charge in [0.1, 0.15) is 0 Å². The molecule has 1 aliphatic rings. The lowest BCUT2D eigenvalue weighted by molar-refractivity contribution is -0.138. The summed E-state index contributed by atoms with van der Waals surface area (Å²) < 4.78 is 66.3. The predicted octanol–water partition coefficient (Wildman–Crippen LogP) is 4.56. The fourth-order valence-electron chi connectivity index (χ4n) is 3.65. The highest BCUT2D eigenvalue weighted by Gasteiger charge is 2.34. The second-order valence-corrected chi connectivity index (χ2v) is 6.98. The van der Waals surface area contributed by atoms with Crippen molar-refractivity contribution in [2.45, 2.75) is 63.6 Å². The highest BCUT2D eigenvalue weighted by Crippen LogP contribution is 2.32. The van der Waals surface area contributed by atoms with Crippen molar-refractivity contribution in [1.29, 1.82) is 0 Å². The average molecular weight is 401 g/mol. The van der Waals surface area contributed by atoms with Gasteiger partial charge in [-0.2, -0.15) is 18.3 Å². The second kappa shape index (κ2) is 8.36. The van der Waals surface area contributed by atoms with Crippen LogP contribution >= 0.6 is 0 Å². The summed E-state index contributed by atoms with van der Waals surface area (Å²) in [6.45, 7) is -0.523. The van der Waals surface area contributed by atoms with E-state index in [1.54, 1.807) is 0 Å². The van der Waals surface area contributed by atoms with Crippen LogP contribution in [0.5, 0.6) is 0 Å². The molecule has 0 N–H and O–H groups in total. The molecule has 0 aliphatic heterocycles. The predicted molar refractivity (Wildman–Crippen MR) is 92.4 cm³/mol. The normalized spacial score (nSPS) is 15.9. The maximum absolute atomic E-state index is 13.2. The van der Waals surface area contributed by atoms with Crippen LogP contribution in [0.2, 0.25) is 0 Å². The van der Waals surface area contributed by atoms with E-state index in [0.29, 0.717) is 5.56 Å². The van der Waals surface area contributed by atoms with Gasteiger partial charge in [0, 0.05) is 11.8 Å². The molecule has 9 heteroatoms. The van der Waals surface area contributed by atoms with Crippen molar-refractivity contribution in [1.82, 2.24) is 14.8 Å². The Morgan fingerprint density at radius 3 is 2.54 bits per heavy atom. The summed E-state index contributed by atoms with van der Waals surface area (Å²) in [5.41, 5.74) is -1.52. The first-order valence-electron chi connectivity index (χ1n) is 9.16. The van der Waals surface area contributed by atoms with Crippen LogP contribution in [-0.2, 0) is 19.1 Å². The number of rotatable bonds is 5. The van der Waals surface area contributed by atoms with Gasteiger partial charge in [0.2, 0.25) is 6.43 Å². The van der Waals surface area contributed by atoms with Crippen molar-refractivity contribution in [3.8, 4) is 0 Å². The molecule has 2 heterocycles. The molecule has 0 unspecified atom stereocenters. The Kier molecular flexibility index (Phi) is 6.10. The zero-order valence-electron chi connectivity index (χ0n) is 15.1. The van der Waals surface area contributed by atoms with E-state index < -0.39 is 36.7 Å². The molecule has 0 saturated heterocycles. The number of hydrogen-bond acceptors (Lipinski definition) is 3. The largest absolute Gasteiger partial charge is 0.418 e. The third kappa shape index (κ3) is 4.74. The number of pyridine rings is 1. The molecule has 1 fully saturated rings. The number of aromatic nitrogens is 3. The molecule has 1 aliphatic carbocycles. The monoisotopic (exact) mass is 401 g/mol. The number of hydrogen-bond donors (Lipinski definition) is 0. The molecule has 3 rings (SSSR count). The summed E-state index contributed by atoms with van der Waals surface area (Å²) in [6.07, 6.45) is -2.37. The van der Waals surface area contributed by atoms with Crippen molar-refractivity contribution in [2.75, 3.05) is 0 Å². The van der Waals surface area contributed by atoms with Crippen LogP contribution in [0.25, 0.3) is 0 Å². The Bertz CT molecular complexity index is 873. The highest BCUT2D eigenvalue weighted by molar-refractivity contribution is 5.24. The Hall–Kier alpha value is -2.32. The summed E-state index contributed by atoms with van der Waals surface area (Å²) >= 11 is 0. The van der Waals surface area contributed by atoms with E-state index in [4.69, 9.17) is 0 Å². The van der Waals surface area contributed by atoms with E-state index in [1.165, 1.54) is 12.3 Å². The lowest BCUT2D eigenvalue weighted by atomic mass is 9.84. The fourth-order valence-corrected chi connectivity index (χ4v) is 3.65. The van der Waals surface area contributed by atoms with Gasteiger partial charge in [0.05, 0.1) is 29.9 Å². The summed E-state index contributed by atoms with van der Waals surface area (Å²) in [5.74, 6) is -0.0854. The summed E-state index contributed by atoms with van der Waals surface area (Å²) in [5, 5.41) is 3.90. The molecule has 2 aromatic heterocycles. The quantitative estimate of drug-likeness (QED) is 0.690. The number of alkyl halides is 5. The van der Waals surface area contributed by atoms with Crippen molar-refractivity contribution >= 4 is 0 Å². The highest BCUT2D eigenvalue weighted by atomic mass is 19.4. The van der Waals surface area contributed by atoms with E-state index in [1.807, 2.05) is 0 Å². The number of nitrogens with zero attached hydrogens (tertiary/aromatic N) is 3. The molecule has 28 heavy (non-hydrogen) atoms. The minimum atomic E-state index is -4.64. The number of halogens is 5.